The monoisotopic (exact) mass is 971 g/mol. The molecule has 344 valence electrons. The second kappa shape index (κ2) is 31.4. The molecule has 7 atom stereocenters. The Hall–Kier alpha value is 1.43. The van der Waals surface area contributed by atoms with E-state index in [2.05, 4.69) is 74.4 Å². The van der Waals surface area contributed by atoms with E-state index in [4.69, 9.17) is 0 Å². The minimum absolute atomic E-state index is 0. The summed E-state index contributed by atoms with van der Waals surface area (Å²) < 4.78 is 0. The van der Waals surface area contributed by atoms with Crippen molar-refractivity contribution in [1.29, 1.82) is 0 Å². The standard InChI is InChI=1S/C12H22.C11H20.C10H16.C7H12.C7H8.4C2H6.2CH3.2Y/c1-5-12(4)7-6-9-8-10(12)11(9,2)3;1-7-5-8(2)10-6-9(7)11(10,3)4;1-7-2-9-4-8(1)5-10(3-7)6-9;1-2-7-4-3-6(1)5-7;1-7-5-3-2-4-6-7;4*1-2;;;;/h9-10H,5-8H2,1-4H3;7-10H,5-6H2,1-4H3;7-10H,1-6H2;6-7H,1-5H2;2-6H,1H3;4*1-2H3;2*1H3;;/q;;;;;;;;;2*-1;;. The Morgan fingerprint density at radius 1 is 0.475 bits per heavy atom. The quantitative estimate of drug-likeness (QED) is 0.246. The molecular weight excluding hydrogens is 862 g/mol. The maximum Gasteiger partial charge on any atom is 0 e. The van der Waals surface area contributed by atoms with Gasteiger partial charge in [0.15, 0.2) is 0 Å². The van der Waals surface area contributed by atoms with Crippen molar-refractivity contribution >= 4 is 0 Å². The van der Waals surface area contributed by atoms with Crippen molar-refractivity contribution < 1.29 is 65.4 Å². The average Bonchev–Trinajstić information content (AvgIpc) is 3.85. The van der Waals surface area contributed by atoms with E-state index in [1.54, 1.807) is 70.6 Å². The molecule has 0 aliphatic heterocycles. The van der Waals surface area contributed by atoms with Crippen LogP contribution in [-0.4, -0.2) is 0 Å². The molecule has 12 fully saturated rings. The fourth-order valence-electron chi connectivity index (χ4n) is 14.3. The molecule has 1 aromatic rings. The van der Waals surface area contributed by atoms with Crippen LogP contribution in [0.25, 0.3) is 0 Å². The molecule has 1 aromatic carbocycles. The van der Waals surface area contributed by atoms with Gasteiger partial charge in [-0.25, -0.2) is 0 Å². The molecule has 12 saturated carbocycles. The molecule has 0 aromatic heterocycles. The normalized spacial score (nSPS) is 37.0. The van der Waals surface area contributed by atoms with Crippen LogP contribution in [-0.2, 0) is 65.4 Å². The minimum atomic E-state index is 0. The molecule has 2 heteroatoms. The number of fused-ring (bicyclic) bond motifs is 6. The Bertz CT molecular complexity index is 1050. The van der Waals surface area contributed by atoms with E-state index in [-0.39, 0.29) is 80.3 Å². The summed E-state index contributed by atoms with van der Waals surface area (Å²) in [5.74, 6) is 13.2. The van der Waals surface area contributed by atoms with Crippen molar-refractivity contribution in [1.82, 2.24) is 0 Å². The van der Waals surface area contributed by atoms with Crippen LogP contribution in [0.5, 0.6) is 0 Å². The van der Waals surface area contributed by atoms with E-state index >= 15 is 0 Å². The topological polar surface area (TPSA) is 0 Å². The van der Waals surface area contributed by atoms with Gasteiger partial charge < -0.3 is 14.9 Å². The van der Waals surface area contributed by atoms with Crippen LogP contribution in [0.4, 0.5) is 0 Å². The first-order valence-corrected chi connectivity index (χ1v) is 25.3. The van der Waals surface area contributed by atoms with Gasteiger partial charge in [-0.3, -0.25) is 0 Å². The Labute approximate surface area is 426 Å². The summed E-state index contributed by atoms with van der Waals surface area (Å²) in [5.41, 5.74) is 3.35. The first-order valence-electron chi connectivity index (χ1n) is 25.3. The smallest absolute Gasteiger partial charge is 0 e. The van der Waals surface area contributed by atoms with Crippen LogP contribution < -0.4 is 0 Å². The Kier molecular flexibility index (Phi) is 34.4. The largest absolute Gasteiger partial charge is 0.358 e. The number of hydrogen-bond acceptors (Lipinski definition) is 0. The molecular formula is C57H108Y2-2. The van der Waals surface area contributed by atoms with Gasteiger partial charge in [0, 0.05) is 65.4 Å². The second-order valence-electron chi connectivity index (χ2n) is 21.0. The van der Waals surface area contributed by atoms with Crippen molar-refractivity contribution in [3.63, 3.8) is 0 Å². The maximum absolute atomic E-state index is 2.51. The Morgan fingerprint density at radius 2 is 0.831 bits per heavy atom. The maximum atomic E-state index is 2.51. The zero-order valence-electron chi connectivity index (χ0n) is 44.0. The average molecular weight is 971 g/mol. The molecule has 12 aliphatic rings. The molecule has 2 radical (unpaired) electrons. The van der Waals surface area contributed by atoms with E-state index in [1.165, 1.54) is 79.6 Å². The van der Waals surface area contributed by atoms with E-state index < -0.39 is 0 Å². The fourth-order valence-corrected chi connectivity index (χ4v) is 14.3. The number of benzene rings is 1. The Morgan fingerprint density at radius 3 is 1.03 bits per heavy atom. The van der Waals surface area contributed by atoms with Gasteiger partial charge in [-0.05, 0) is 171 Å². The zero-order valence-corrected chi connectivity index (χ0v) is 49.7. The van der Waals surface area contributed by atoms with E-state index in [0.717, 1.165) is 35.5 Å². The third-order valence-corrected chi connectivity index (χ3v) is 17.3. The molecule has 0 N–H and O–H groups in total. The van der Waals surface area contributed by atoms with Crippen LogP contribution in [0.1, 0.15) is 225 Å². The van der Waals surface area contributed by atoms with Crippen LogP contribution in [0, 0.1) is 109 Å². The first-order chi connectivity index (χ1) is 26.3. The van der Waals surface area contributed by atoms with Crippen LogP contribution in [0.15, 0.2) is 30.3 Å². The van der Waals surface area contributed by atoms with Gasteiger partial charge in [-0.2, -0.15) is 0 Å². The van der Waals surface area contributed by atoms with Crippen molar-refractivity contribution in [2.24, 2.45) is 87.3 Å². The van der Waals surface area contributed by atoms with Crippen LogP contribution in [0.3, 0.4) is 0 Å². The summed E-state index contributed by atoms with van der Waals surface area (Å²) in [6, 6.07) is 10.3. The van der Waals surface area contributed by atoms with Gasteiger partial charge in [-0.1, -0.05) is 179 Å². The summed E-state index contributed by atoms with van der Waals surface area (Å²) in [5, 5.41) is 0. The van der Waals surface area contributed by atoms with Gasteiger partial charge in [-0.15, -0.1) is 0 Å². The first kappa shape index (κ1) is 64.7. The van der Waals surface area contributed by atoms with E-state index in [1.807, 2.05) is 73.6 Å². The van der Waals surface area contributed by atoms with Crippen molar-refractivity contribution in [3.8, 4) is 0 Å². The molecule has 0 nitrogen and oxygen atoms in total. The van der Waals surface area contributed by atoms with Crippen LogP contribution in [0.2, 0.25) is 0 Å². The predicted molar refractivity (Wildman–Crippen MR) is 262 cm³/mol. The van der Waals surface area contributed by atoms with Crippen molar-refractivity contribution in [3.05, 3.63) is 50.7 Å². The minimum Gasteiger partial charge on any atom is -0.358 e. The summed E-state index contributed by atoms with van der Waals surface area (Å²) in [6.45, 7) is 37.8. The third kappa shape index (κ3) is 17.3. The van der Waals surface area contributed by atoms with Crippen LogP contribution >= 0.6 is 0 Å². The Balaban J connectivity index is -0.000000633. The molecule has 10 bridgehead atoms. The fraction of sp³-hybridized carbons (Fsp3) is 0.860. The molecule has 0 spiro atoms. The molecule has 0 saturated heterocycles. The molecule has 59 heavy (non-hydrogen) atoms. The molecule has 12 aliphatic carbocycles. The molecule has 7 unspecified atom stereocenters. The zero-order chi connectivity index (χ0) is 41.6. The summed E-state index contributed by atoms with van der Waals surface area (Å²) in [4.78, 5) is 0. The number of hydrogen-bond donors (Lipinski definition) is 0. The van der Waals surface area contributed by atoms with Gasteiger partial charge in [0.2, 0.25) is 0 Å². The van der Waals surface area contributed by atoms with Gasteiger partial charge >= 0.3 is 0 Å². The van der Waals surface area contributed by atoms with E-state index in [9.17, 15) is 0 Å². The summed E-state index contributed by atoms with van der Waals surface area (Å²) in [6.07, 6.45) is 26.3. The van der Waals surface area contributed by atoms with E-state index in [0.29, 0.717) is 16.2 Å². The van der Waals surface area contributed by atoms with Crippen molar-refractivity contribution in [2.75, 3.05) is 0 Å². The molecule has 0 amide bonds. The van der Waals surface area contributed by atoms with Gasteiger partial charge in [0.1, 0.15) is 0 Å². The van der Waals surface area contributed by atoms with Gasteiger partial charge in [0.25, 0.3) is 0 Å². The van der Waals surface area contributed by atoms with Crippen molar-refractivity contribution in [2.45, 2.75) is 227 Å². The molecule has 0 heterocycles. The van der Waals surface area contributed by atoms with Gasteiger partial charge in [0.05, 0.1) is 0 Å². The summed E-state index contributed by atoms with van der Waals surface area (Å²) in [7, 11) is 0. The second-order valence-corrected chi connectivity index (χ2v) is 21.0. The molecule has 13 rings (SSSR count). The third-order valence-electron chi connectivity index (χ3n) is 17.3. The predicted octanol–water partition coefficient (Wildman–Crippen LogP) is 19.2. The SMILES string of the molecule is C1C2CC3CC1CC(C2)C3.C1CC2CCC1C2.CC.CC.CC.CC.CC1CC(C)C2CC1C2(C)C.CCC1(C)CCC2CC1C2(C)C.Cc1ccccc1.[CH3-].[CH3-].[Y].[Y]. The number of aryl methyl sites for hydroxylation is 1. The number of rotatable bonds is 1. The summed E-state index contributed by atoms with van der Waals surface area (Å²) >= 11 is 0.